The molecule has 1 aliphatic rings. The van der Waals surface area contributed by atoms with Gasteiger partial charge in [-0.15, -0.1) is 0 Å². The molecule has 98 valence electrons. The minimum atomic E-state index is -0.372. The van der Waals surface area contributed by atoms with E-state index in [4.69, 9.17) is 0 Å². The third-order valence-electron chi connectivity index (χ3n) is 3.76. The quantitative estimate of drug-likeness (QED) is 0.853. The summed E-state index contributed by atoms with van der Waals surface area (Å²) in [6, 6.07) is 5.70. The highest BCUT2D eigenvalue weighted by molar-refractivity contribution is 5.86. The zero-order valence-electron chi connectivity index (χ0n) is 11.1. The fourth-order valence-electron chi connectivity index (χ4n) is 2.50. The Morgan fingerprint density at radius 3 is 3.00 bits per heavy atom. The van der Waals surface area contributed by atoms with E-state index in [2.05, 4.69) is 22.5 Å². The smallest absolute Gasteiger partial charge is 0.240 e. The van der Waals surface area contributed by atoms with Gasteiger partial charge in [0.1, 0.15) is 0 Å². The molecule has 0 radical (unpaired) electrons. The Hall–Kier alpha value is -1.42. The number of nitrogens with zero attached hydrogens (tertiary/aromatic N) is 1. The van der Waals surface area contributed by atoms with Gasteiger partial charge in [-0.25, -0.2) is 0 Å². The van der Waals surface area contributed by atoms with E-state index in [-0.39, 0.29) is 17.5 Å². The predicted molar refractivity (Wildman–Crippen MR) is 71.1 cm³/mol. The number of carbonyl (C=O) groups is 1. The molecule has 2 atom stereocenters. The Morgan fingerprint density at radius 1 is 1.61 bits per heavy atom. The maximum Gasteiger partial charge on any atom is 0.240 e. The molecule has 0 saturated carbocycles. The molecule has 0 bridgehead atoms. The molecule has 2 heterocycles. The van der Waals surface area contributed by atoms with Crippen LogP contribution in [0.2, 0.25) is 0 Å². The summed E-state index contributed by atoms with van der Waals surface area (Å²) in [5.74, 6) is 0.0978. The molecule has 1 fully saturated rings. The molecule has 1 aromatic heterocycles. The number of rotatable bonds is 4. The third-order valence-corrected chi connectivity index (χ3v) is 3.76. The first kappa shape index (κ1) is 13.0. The molecule has 18 heavy (non-hydrogen) atoms. The molecular formula is C14H21N3O. The highest BCUT2D eigenvalue weighted by Crippen LogP contribution is 2.24. The predicted octanol–water partition coefficient (Wildman–Crippen LogP) is 1.79. The summed E-state index contributed by atoms with van der Waals surface area (Å²) < 4.78 is 0. The molecule has 1 amide bonds. The summed E-state index contributed by atoms with van der Waals surface area (Å²) in [6.45, 7) is 4.96. The molecule has 4 heteroatoms. The van der Waals surface area contributed by atoms with Gasteiger partial charge < -0.3 is 10.6 Å². The summed E-state index contributed by atoms with van der Waals surface area (Å²) in [5.41, 5.74) is 0.526. The van der Waals surface area contributed by atoms with Crippen molar-refractivity contribution in [3.8, 4) is 0 Å². The van der Waals surface area contributed by atoms with Crippen LogP contribution in [-0.4, -0.2) is 23.0 Å². The van der Waals surface area contributed by atoms with Crippen LogP contribution >= 0.6 is 0 Å². The summed E-state index contributed by atoms with van der Waals surface area (Å²) >= 11 is 0. The first-order valence-electron chi connectivity index (χ1n) is 6.65. The number of pyridine rings is 1. The first-order valence-corrected chi connectivity index (χ1v) is 6.65. The summed E-state index contributed by atoms with van der Waals surface area (Å²) in [7, 11) is 0. The number of amides is 1. The molecule has 1 unspecified atom stereocenters. The van der Waals surface area contributed by atoms with Gasteiger partial charge in [0.25, 0.3) is 0 Å². The van der Waals surface area contributed by atoms with Crippen molar-refractivity contribution in [1.29, 1.82) is 0 Å². The number of hydrogen-bond donors (Lipinski definition) is 2. The van der Waals surface area contributed by atoms with Gasteiger partial charge in [0.15, 0.2) is 0 Å². The number of nitrogens with one attached hydrogen (secondary N) is 2. The lowest BCUT2D eigenvalue weighted by Gasteiger charge is -2.28. The van der Waals surface area contributed by atoms with Crippen molar-refractivity contribution in [1.82, 2.24) is 15.6 Å². The Balaban J connectivity index is 2.03. The van der Waals surface area contributed by atoms with Gasteiger partial charge >= 0.3 is 0 Å². The molecule has 4 nitrogen and oxygen atoms in total. The molecule has 2 rings (SSSR count). The van der Waals surface area contributed by atoms with E-state index in [0.717, 1.165) is 31.5 Å². The van der Waals surface area contributed by atoms with Gasteiger partial charge in [0, 0.05) is 6.20 Å². The normalized spacial score (nSPS) is 24.8. The lowest BCUT2D eigenvalue weighted by atomic mass is 9.92. The largest absolute Gasteiger partial charge is 0.346 e. The summed E-state index contributed by atoms with van der Waals surface area (Å²) in [4.78, 5) is 16.7. The minimum Gasteiger partial charge on any atom is -0.346 e. The van der Waals surface area contributed by atoms with Crippen molar-refractivity contribution < 1.29 is 4.79 Å². The van der Waals surface area contributed by atoms with Crippen LogP contribution < -0.4 is 10.6 Å². The summed E-state index contributed by atoms with van der Waals surface area (Å²) in [5, 5.41) is 6.41. The number of hydrogen-bond acceptors (Lipinski definition) is 3. The van der Waals surface area contributed by atoms with Crippen molar-refractivity contribution in [2.45, 2.75) is 44.7 Å². The van der Waals surface area contributed by atoms with E-state index < -0.39 is 0 Å². The van der Waals surface area contributed by atoms with Crippen molar-refractivity contribution >= 4 is 5.91 Å². The molecule has 1 aliphatic heterocycles. The lowest BCUT2D eigenvalue weighted by molar-refractivity contribution is -0.128. The van der Waals surface area contributed by atoms with Gasteiger partial charge in [-0.1, -0.05) is 13.0 Å². The third kappa shape index (κ3) is 2.53. The van der Waals surface area contributed by atoms with Crippen LogP contribution in [0.15, 0.2) is 24.4 Å². The van der Waals surface area contributed by atoms with Crippen LogP contribution in [-0.2, 0) is 4.79 Å². The maximum atomic E-state index is 12.4. The number of aromatic nitrogens is 1. The standard InChI is InChI=1S/C14H21N3O/c1-3-14(8-6-10-16-14)13(18)17-11(2)12-7-4-5-9-15-12/h4-5,7,9,11,16H,3,6,8,10H2,1-2H3,(H,17,18)/t11-,14?/m0/s1. The zero-order valence-corrected chi connectivity index (χ0v) is 11.1. The molecule has 1 saturated heterocycles. The Bertz CT molecular complexity index is 399. The summed E-state index contributed by atoms with van der Waals surface area (Å²) in [6.07, 6.45) is 4.57. The van der Waals surface area contributed by atoms with Gasteiger partial charge in [-0.2, -0.15) is 0 Å². The molecule has 0 aromatic carbocycles. The van der Waals surface area contributed by atoms with E-state index in [0.29, 0.717) is 0 Å². The number of carbonyl (C=O) groups excluding carboxylic acids is 1. The van der Waals surface area contributed by atoms with Gasteiger partial charge in [-0.3, -0.25) is 9.78 Å². The van der Waals surface area contributed by atoms with E-state index in [1.165, 1.54) is 0 Å². The monoisotopic (exact) mass is 247 g/mol. The highest BCUT2D eigenvalue weighted by atomic mass is 16.2. The zero-order chi connectivity index (χ0) is 13.0. The topological polar surface area (TPSA) is 54.0 Å². The second kappa shape index (κ2) is 5.48. The molecule has 0 spiro atoms. The van der Waals surface area contributed by atoms with Gasteiger partial charge in [0.05, 0.1) is 17.3 Å². The van der Waals surface area contributed by atoms with Crippen molar-refractivity contribution in [2.75, 3.05) is 6.54 Å². The molecule has 2 N–H and O–H groups in total. The second-order valence-electron chi connectivity index (χ2n) is 4.92. The van der Waals surface area contributed by atoms with E-state index in [1.807, 2.05) is 25.1 Å². The van der Waals surface area contributed by atoms with Crippen LogP contribution in [0.1, 0.15) is 44.8 Å². The first-order chi connectivity index (χ1) is 8.68. The van der Waals surface area contributed by atoms with Crippen LogP contribution in [0.25, 0.3) is 0 Å². The molecule has 0 aliphatic carbocycles. The van der Waals surface area contributed by atoms with E-state index in [1.54, 1.807) is 6.20 Å². The van der Waals surface area contributed by atoms with Crippen LogP contribution in [0.3, 0.4) is 0 Å². The Morgan fingerprint density at radius 2 is 2.44 bits per heavy atom. The highest BCUT2D eigenvalue weighted by Gasteiger charge is 2.39. The molecular weight excluding hydrogens is 226 g/mol. The van der Waals surface area contributed by atoms with Crippen molar-refractivity contribution in [2.24, 2.45) is 0 Å². The lowest BCUT2D eigenvalue weighted by Crippen LogP contribution is -2.53. The Kier molecular flexibility index (Phi) is 3.97. The van der Waals surface area contributed by atoms with Crippen LogP contribution in [0.4, 0.5) is 0 Å². The fraction of sp³-hybridized carbons (Fsp3) is 0.571. The average Bonchev–Trinajstić information content (AvgIpc) is 2.89. The minimum absolute atomic E-state index is 0.0514. The average molecular weight is 247 g/mol. The van der Waals surface area contributed by atoms with Crippen LogP contribution in [0, 0.1) is 0 Å². The SMILES string of the molecule is CCC1(C(=O)N[C@@H](C)c2ccccn2)CCCN1. The van der Waals surface area contributed by atoms with Crippen LogP contribution in [0.5, 0.6) is 0 Å². The van der Waals surface area contributed by atoms with E-state index >= 15 is 0 Å². The maximum absolute atomic E-state index is 12.4. The fourth-order valence-corrected chi connectivity index (χ4v) is 2.50. The second-order valence-corrected chi connectivity index (χ2v) is 4.92. The van der Waals surface area contributed by atoms with Crippen molar-refractivity contribution in [3.05, 3.63) is 30.1 Å². The Labute approximate surface area is 108 Å². The van der Waals surface area contributed by atoms with E-state index in [9.17, 15) is 4.79 Å². The van der Waals surface area contributed by atoms with Gasteiger partial charge in [0.2, 0.25) is 5.91 Å². The van der Waals surface area contributed by atoms with Gasteiger partial charge in [-0.05, 0) is 44.9 Å². The molecule has 1 aromatic rings. The van der Waals surface area contributed by atoms with Crippen molar-refractivity contribution in [3.63, 3.8) is 0 Å².